The minimum atomic E-state index is -0.649. The number of thiazole rings is 1. The van der Waals surface area contributed by atoms with E-state index >= 15 is 0 Å². The molecule has 5 rings (SSSR count). The van der Waals surface area contributed by atoms with Gasteiger partial charge in [-0.25, -0.2) is 9.79 Å². The minimum absolute atomic E-state index is 0.249. The second-order valence-corrected chi connectivity index (χ2v) is 11.9. The molecule has 0 saturated carbocycles. The van der Waals surface area contributed by atoms with Crippen LogP contribution < -0.4 is 24.4 Å². The van der Waals surface area contributed by atoms with Gasteiger partial charge in [0.05, 0.1) is 36.1 Å². The molecule has 0 radical (unpaired) electrons. The van der Waals surface area contributed by atoms with Crippen molar-refractivity contribution in [1.82, 2.24) is 4.57 Å². The Balaban J connectivity index is 1.58. The summed E-state index contributed by atoms with van der Waals surface area (Å²) in [7, 11) is 2.92. The van der Waals surface area contributed by atoms with Crippen molar-refractivity contribution in [3.05, 3.63) is 123 Å². The average Bonchev–Trinajstić information content (AvgIpc) is 3.31. The van der Waals surface area contributed by atoms with Gasteiger partial charge in [-0.15, -0.1) is 0 Å². The van der Waals surface area contributed by atoms with Gasteiger partial charge < -0.3 is 14.2 Å². The van der Waals surface area contributed by atoms with Gasteiger partial charge in [0.2, 0.25) is 0 Å². The Labute approximate surface area is 257 Å². The van der Waals surface area contributed by atoms with Crippen LogP contribution >= 0.6 is 43.2 Å². The number of hydrogen-bond acceptors (Lipinski definition) is 7. The number of halogens is 2. The Morgan fingerprint density at radius 1 is 1.05 bits per heavy atom. The van der Waals surface area contributed by atoms with Gasteiger partial charge in [0.25, 0.3) is 5.56 Å². The van der Waals surface area contributed by atoms with Crippen molar-refractivity contribution in [3.8, 4) is 11.5 Å². The number of carbonyl (C=O) groups excluding carboxylic acids is 1. The van der Waals surface area contributed by atoms with Crippen molar-refractivity contribution >= 4 is 55.2 Å². The lowest BCUT2D eigenvalue weighted by Crippen LogP contribution is -2.40. The summed E-state index contributed by atoms with van der Waals surface area (Å²) >= 11 is 8.36. The number of allylic oxidation sites excluding steroid dienone is 1. The summed E-state index contributed by atoms with van der Waals surface area (Å²) in [4.78, 5) is 32.1. The highest BCUT2D eigenvalue weighted by atomic mass is 79.9. The molecule has 1 atom stereocenters. The SMILES string of the molecule is CCC1=C(C(=O)OC)[C@H](c2ccccc2)n2c(s/c(=C\c3cc(OC)c(OCc4ccc(Br)cc4)cc3Br)c2=O)=N1. The molecule has 1 aliphatic heterocycles. The number of hydrogen-bond donors (Lipinski definition) is 0. The van der Waals surface area contributed by atoms with Gasteiger partial charge in [-0.05, 0) is 53.5 Å². The largest absolute Gasteiger partial charge is 0.493 e. The molecule has 0 saturated heterocycles. The summed E-state index contributed by atoms with van der Waals surface area (Å²) in [5.41, 5.74) is 3.28. The summed E-state index contributed by atoms with van der Waals surface area (Å²) < 4.78 is 20.6. The zero-order valence-corrected chi connectivity index (χ0v) is 26.5. The van der Waals surface area contributed by atoms with E-state index in [1.165, 1.54) is 18.4 Å². The van der Waals surface area contributed by atoms with Crippen molar-refractivity contribution < 1.29 is 19.0 Å². The summed E-state index contributed by atoms with van der Waals surface area (Å²) in [5, 5.41) is 0. The first-order valence-electron chi connectivity index (χ1n) is 12.8. The van der Waals surface area contributed by atoms with Crippen molar-refractivity contribution in [3.63, 3.8) is 0 Å². The lowest BCUT2D eigenvalue weighted by Gasteiger charge is -2.25. The number of ether oxygens (including phenoxy) is 3. The third kappa shape index (κ3) is 5.95. The number of esters is 1. The number of rotatable bonds is 8. The van der Waals surface area contributed by atoms with Gasteiger partial charge >= 0.3 is 5.97 Å². The average molecular weight is 698 g/mol. The first-order valence-corrected chi connectivity index (χ1v) is 15.2. The summed E-state index contributed by atoms with van der Waals surface area (Å²) in [5.74, 6) is 0.605. The first-order chi connectivity index (χ1) is 19.8. The zero-order chi connectivity index (χ0) is 29.1. The highest BCUT2D eigenvalue weighted by molar-refractivity contribution is 9.10. The molecule has 0 unspecified atom stereocenters. The maximum Gasteiger partial charge on any atom is 0.338 e. The fourth-order valence-electron chi connectivity index (χ4n) is 4.63. The lowest BCUT2D eigenvalue weighted by molar-refractivity contribution is -0.136. The Morgan fingerprint density at radius 2 is 1.78 bits per heavy atom. The van der Waals surface area contributed by atoms with E-state index in [0.717, 1.165) is 25.6 Å². The van der Waals surface area contributed by atoms with Gasteiger partial charge in [-0.1, -0.05) is 92.6 Å². The molecule has 2 heterocycles. The quantitative estimate of drug-likeness (QED) is 0.214. The molecule has 7 nitrogen and oxygen atoms in total. The molecular formula is C31H26Br2N2O5S. The van der Waals surface area contributed by atoms with Crippen LogP contribution in [0.5, 0.6) is 11.5 Å². The normalized spacial score (nSPS) is 14.9. The smallest absolute Gasteiger partial charge is 0.338 e. The predicted molar refractivity (Wildman–Crippen MR) is 166 cm³/mol. The van der Waals surface area contributed by atoms with Gasteiger partial charge in [0.1, 0.15) is 6.61 Å². The van der Waals surface area contributed by atoms with Gasteiger partial charge in [-0.2, -0.15) is 0 Å². The molecule has 1 aliphatic rings. The van der Waals surface area contributed by atoms with Crippen LogP contribution in [-0.2, 0) is 16.1 Å². The van der Waals surface area contributed by atoms with Crippen LogP contribution in [0.2, 0.25) is 0 Å². The first kappa shape index (κ1) is 29.0. The van der Waals surface area contributed by atoms with Crippen LogP contribution in [0.3, 0.4) is 0 Å². The predicted octanol–water partition coefficient (Wildman–Crippen LogP) is 5.91. The van der Waals surface area contributed by atoms with Crippen LogP contribution in [0, 0.1) is 0 Å². The number of benzene rings is 3. The Kier molecular flexibility index (Phi) is 8.91. The second kappa shape index (κ2) is 12.6. The number of aromatic nitrogens is 1. The third-order valence-electron chi connectivity index (χ3n) is 6.64. The number of methoxy groups -OCH3 is 2. The van der Waals surface area contributed by atoms with Crippen LogP contribution in [0.25, 0.3) is 6.08 Å². The lowest BCUT2D eigenvalue weighted by atomic mass is 9.95. The van der Waals surface area contributed by atoms with Crippen LogP contribution in [-0.4, -0.2) is 24.8 Å². The van der Waals surface area contributed by atoms with Gasteiger partial charge in [-0.3, -0.25) is 9.36 Å². The van der Waals surface area contributed by atoms with E-state index in [4.69, 9.17) is 19.2 Å². The molecule has 1 aromatic heterocycles. The second-order valence-electron chi connectivity index (χ2n) is 9.14. The molecule has 0 fully saturated rings. The van der Waals surface area contributed by atoms with E-state index in [1.54, 1.807) is 17.8 Å². The standard InChI is InChI=1S/C31H26Br2N2O5S/c1-4-23-27(30(37)39-3)28(19-8-6-5-7-9-19)35-29(36)26(41-31(35)34-23)15-20-14-24(38-2)25(16-22(20)33)40-17-18-10-12-21(32)13-11-18/h5-16,28H,4,17H2,1-3H3/b26-15-/t28-/m0/s1. The molecule has 0 amide bonds. The molecular weight excluding hydrogens is 672 g/mol. The third-order valence-corrected chi connectivity index (χ3v) is 8.84. The summed E-state index contributed by atoms with van der Waals surface area (Å²) in [6.45, 7) is 2.30. The Morgan fingerprint density at radius 3 is 2.44 bits per heavy atom. The minimum Gasteiger partial charge on any atom is -0.493 e. The molecule has 10 heteroatoms. The monoisotopic (exact) mass is 696 g/mol. The fraction of sp³-hybridized carbons (Fsp3) is 0.194. The zero-order valence-electron chi connectivity index (χ0n) is 22.5. The highest BCUT2D eigenvalue weighted by Crippen LogP contribution is 2.35. The molecule has 0 N–H and O–H groups in total. The molecule has 0 bridgehead atoms. The maximum atomic E-state index is 13.9. The van der Waals surface area contributed by atoms with E-state index in [0.29, 0.717) is 45.1 Å². The van der Waals surface area contributed by atoms with E-state index in [-0.39, 0.29) is 5.56 Å². The fourth-order valence-corrected chi connectivity index (χ4v) is 6.34. The Hall–Kier alpha value is -3.47. The van der Waals surface area contributed by atoms with Gasteiger partial charge in [0.15, 0.2) is 16.3 Å². The van der Waals surface area contributed by atoms with Crippen molar-refractivity contribution in [2.24, 2.45) is 4.99 Å². The number of carbonyl (C=O) groups is 1. The van der Waals surface area contributed by atoms with Crippen LogP contribution in [0.15, 0.2) is 96.7 Å². The maximum absolute atomic E-state index is 13.9. The van der Waals surface area contributed by atoms with Crippen molar-refractivity contribution in [1.29, 1.82) is 0 Å². The summed E-state index contributed by atoms with van der Waals surface area (Å²) in [6.07, 6.45) is 2.31. The van der Waals surface area contributed by atoms with E-state index in [2.05, 4.69) is 31.9 Å². The molecule has 0 aliphatic carbocycles. The van der Waals surface area contributed by atoms with Crippen LogP contribution in [0.4, 0.5) is 0 Å². The van der Waals surface area contributed by atoms with Crippen molar-refractivity contribution in [2.45, 2.75) is 26.0 Å². The van der Waals surface area contributed by atoms with E-state index in [9.17, 15) is 9.59 Å². The van der Waals surface area contributed by atoms with E-state index < -0.39 is 12.0 Å². The number of nitrogens with zero attached hydrogens (tertiary/aromatic N) is 2. The van der Waals surface area contributed by atoms with Gasteiger partial charge in [0, 0.05) is 8.95 Å². The topological polar surface area (TPSA) is 79.1 Å². The Bertz CT molecular complexity index is 1810. The number of fused-ring (bicyclic) bond motifs is 1. The molecule has 41 heavy (non-hydrogen) atoms. The molecule has 3 aromatic carbocycles. The van der Waals surface area contributed by atoms with E-state index in [1.807, 2.05) is 73.7 Å². The summed E-state index contributed by atoms with van der Waals surface area (Å²) in [6, 6.07) is 20.4. The van der Waals surface area contributed by atoms with Crippen molar-refractivity contribution in [2.75, 3.05) is 14.2 Å². The molecule has 210 valence electrons. The highest BCUT2D eigenvalue weighted by Gasteiger charge is 2.33. The molecule has 0 spiro atoms. The molecule has 4 aromatic rings. The van der Waals surface area contributed by atoms with Crippen LogP contribution in [0.1, 0.15) is 36.1 Å².